The zero-order valence-corrected chi connectivity index (χ0v) is 10.3. The van der Waals surface area contributed by atoms with Crippen molar-refractivity contribution in [2.45, 2.75) is 38.8 Å². The fraction of sp³-hybridized carbons (Fsp3) is 0.692. The number of allylic oxidation sites excluding steroid dienone is 1. The number of isocyanates is 1. The molecule has 2 rings (SSSR count). The van der Waals surface area contributed by atoms with Crippen LogP contribution in [0, 0.1) is 17.8 Å². The normalized spacial score (nSPS) is 34.5. The topological polar surface area (TPSA) is 55.7 Å². The first-order valence-electron chi connectivity index (χ1n) is 5.90. The lowest BCUT2D eigenvalue weighted by atomic mass is 9.89. The molecule has 2 aliphatic carbocycles. The minimum atomic E-state index is -0.502. The summed E-state index contributed by atoms with van der Waals surface area (Å²) in [5.41, 5.74) is -0.502. The molecule has 4 heteroatoms. The number of rotatable bonds is 2. The number of esters is 1. The highest BCUT2D eigenvalue weighted by Crippen LogP contribution is 2.46. The Labute approximate surface area is 101 Å². The number of ether oxygens (including phenoxy) is 1. The molecule has 0 aromatic heterocycles. The Morgan fingerprint density at radius 2 is 2.00 bits per heavy atom. The fourth-order valence-corrected chi connectivity index (χ4v) is 2.72. The summed E-state index contributed by atoms with van der Waals surface area (Å²) in [4.78, 5) is 26.3. The Balaban J connectivity index is 2.16. The molecule has 17 heavy (non-hydrogen) atoms. The van der Waals surface area contributed by atoms with E-state index in [-0.39, 0.29) is 29.8 Å². The molecule has 0 aromatic rings. The van der Waals surface area contributed by atoms with E-state index in [1.165, 1.54) is 0 Å². The van der Waals surface area contributed by atoms with Gasteiger partial charge >= 0.3 is 5.97 Å². The second-order valence-corrected chi connectivity index (χ2v) is 5.72. The molecule has 0 amide bonds. The van der Waals surface area contributed by atoms with E-state index in [4.69, 9.17) is 4.74 Å². The molecule has 0 heterocycles. The molecule has 0 N–H and O–H groups in total. The first-order valence-corrected chi connectivity index (χ1v) is 5.90. The third-order valence-electron chi connectivity index (χ3n) is 3.30. The SMILES string of the molecule is CC(C)(C)OC(=O)C1C2C=CC(C2)C1N=C=O. The van der Waals surface area contributed by atoms with Crippen LogP contribution in [0.5, 0.6) is 0 Å². The monoisotopic (exact) mass is 235 g/mol. The number of nitrogens with zero attached hydrogens (tertiary/aromatic N) is 1. The average molecular weight is 235 g/mol. The Kier molecular flexibility index (Phi) is 2.92. The van der Waals surface area contributed by atoms with E-state index in [1.54, 1.807) is 6.08 Å². The van der Waals surface area contributed by atoms with Gasteiger partial charge in [-0.3, -0.25) is 4.79 Å². The van der Waals surface area contributed by atoms with Crippen molar-refractivity contribution >= 4 is 12.0 Å². The smallest absolute Gasteiger partial charge is 0.312 e. The van der Waals surface area contributed by atoms with Crippen molar-refractivity contribution in [1.82, 2.24) is 0 Å². The van der Waals surface area contributed by atoms with Gasteiger partial charge in [-0.25, -0.2) is 9.79 Å². The summed E-state index contributed by atoms with van der Waals surface area (Å²) in [6.45, 7) is 5.52. The molecule has 0 saturated heterocycles. The van der Waals surface area contributed by atoms with Crippen molar-refractivity contribution in [2.75, 3.05) is 0 Å². The summed E-state index contributed by atoms with van der Waals surface area (Å²) in [5, 5.41) is 0. The number of aliphatic imine (C=N–C) groups is 1. The first-order chi connectivity index (χ1) is 7.92. The number of carbonyl (C=O) groups is 1. The molecule has 1 fully saturated rings. The van der Waals surface area contributed by atoms with Crippen molar-refractivity contribution in [3.63, 3.8) is 0 Å². The van der Waals surface area contributed by atoms with Crippen molar-refractivity contribution in [3.05, 3.63) is 12.2 Å². The molecule has 4 nitrogen and oxygen atoms in total. The summed E-state index contributed by atoms with van der Waals surface area (Å²) in [5.74, 6) is -0.208. The average Bonchev–Trinajstić information content (AvgIpc) is 2.75. The van der Waals surface area contributed by atoms with Crippen LogP contribution in [0.2, 0.25) is 0 Å². The van der Waals surface area contributed by atoms with E-state index < -0.39 is 5.60 Å². The molecule has 92 valence electrons. The van der Waals surface area contributed by atoms with Crippen LogP contribution in [0.4, 0.5) is 0 Å². The second-order valence-electron chi connectivity index (χ2n) is 5.72. The second kappa shape index (κ2) is 4.11. The molecule has 0 aliphatic heterocycles. The van der Waals surface area contributed by atoms with E-state index in [0.29, 0.717) is 0 Å². The van der Waals surface area contributed by atoms with Crippen LogP contribution < -0.4 is 0 Å². The molecule has 0 spiro atoms. The quantitative estimate of drug-likeness (QED) is 0.318. The predicted octanol–water partition coefficient (Wildman–Crippen LogP) is 1.85. The third kappa shape index (κ3) is 2.32. The van der Waals surface area contributed by atoms with Crippen molar-refractivity contribution < 1.29 is 14.3 Å². The molecular formula is C13H17NO3. The number of hydrogen-bond acceptors (Lipinski definition) is 4. The van der Waals surface area contributed by atoms with Gasteiger partial charge in [0.2, 0.25) is 6.08 Å². The maximum absolute atomic E-state index is 12.1. The predicted molar refractivity (Wildman–Crippen MR) is 62.0 cm³/mol. The van der Waals surface area contributed by atoms with E-state index in [0.717, 1.165) is 6.42 Å². The summed E-state index contributed by atoms with van der Waals surface area (Å²) >= 11 is 0. The molecule has 4 atom stereocenters. The lowest BCUT2D eigenvalue weighted by Gasteiger charge is -2.27. The van der Waals surface area contributed by atoms with Gasteiger partial charge in [-0.1, -0.05) is 12.2 Å². The largest absolute Gasteiger partial charge is 0.460 e. The van der Waals surface area contributed by atoms with Crippen LogP contribution in [-0.4, -0.2) is 23.7 Å². The van der Waals surface area contributed by atoms with E-state index in [9.17, 15) is 9.59 Å². The Hall–Kier alpha value is -1.41. The summed E-state index contributed by atoms with van der Waals surface area (Å²) < 4.78 is 5.39. The van der Waals surface area contributed by atoms with Crippen LogP contribution in [0.1, 0.15) is 27.2 Å². The van der Waals surface area contributed by atoms with E-state index in [2.05, 4.69) is 4.99 Å². The third-order valence-corrected chi connectivity index (χ3v) is 3.30. The summed E-state index contributed by atoms with van der Waals surface area (Å²) in [6, 6.07) is -0.280. The van der Waals surface area contributed by atoms with Crippen LogP contribution in [0.15, 0.2) is 17.1 Å². The van der Waals surface area contributed by atoms with Gasteiger partial charge in [0.25, 0.3) is 0 Å². The summed E-state index contributed by atoms with van der Waals surface area (Å²) in [6.07, 6.45) is 6.54. The number of fused-ring (bicyclic) bond motifs is 2. The molecule has 4 unspecified atom stereocenters. The minimum absolute atomic E-state index is 0.164. The molecule has 2 bridgehead atoms. The lowest BCUT2D eigenvalue weighted by molar-refractivity contribution is -0.161. The maximum atomic E-state index is 12.1. The first kappa shape index (κ1) is 12.1. The molecule has 2 aliphatic rings. The Morgan fingerprint density at radius 3 is 2.59 bits per heavy atom. The van der Waals surface area contributed by atoms with Gasteiger partial charge in [-0.05, 0) is 33.1 Å². The zero-order valence-electron chi connectivity index (χ0n) is 10.3. The van der Waals surface area contributed by atoms with Gasteiger partial charge in [-0.15, -0.1) is 0 Å². The summed E-state index contributed by atoms with van der Waals surface area (Å²) in [7, 11) is 0. The van der Waals surface area contributed by atoms with Gasteiger partial charge < -0.3 is 4.74 Å². The van der Waals surface area contributed by atoms with Gasteiger partial charge in [0, 0.05) is 5.92 Å². The van der Waals surface area contributed by atoms with Gasteiger partial charge in [0.15, 0.2) is 0 Å². The van der Waals surface area contributed by atoms with Crippen LogP contribution >= 0.6 is 0 Å². The molecule has 0 radical (unpaired) electrons. The lowest BCUT2D eigenvalue weighted by Crippen LogP contribution is -2.36. The van der Waals surface area contributed by atoms with Crippen molar-refractivity contribution in [1.29, 1.82) is 0 Å². The Bertz CT molecular complexity index is 401. The highest BCUT2D eigenvalue weighted by atomic mass is 16.6. The van der Waals surface area contributed by atoms with Crippen LogP contribution in [0.3, 0.4) is 0 Å². The molecular weight excluding hydrogens is 218 g/mol. The van der Waals surface area contributed by atoms with Crippen molar-refractivity contribution in [3.8, 4) is 0 Å². The van der Waals surface area contributed by atoms with Gasteiger partial charge in [-0.2, -0.15) is 0 Å². The van der Waals surface area contributed by atoms with E-state index in [1.807, 2.05) is 32.9 Å². The van der Waals surface area contributed by atoms with E-state index >= 15 is 0 Å². The van der Waals surface area contributed by atoms with Crippen LogP contribution in [-0.2, 0) is 14.3 Å². The highest BCUT2D eigenvalue weighted by molar-refractivity contribution is 5.76. The Morgan fingerprint density at radius 1 is 1.35 bits per heavy atom. The van der Waals surface area contributed by atoms with Crippen LogP contribution in [0.25, 0.3) is 0 Å². The minimum Gasteiger partial charge on any atom is -0.460 e. The standard InChI is InChI=1S/C13H17NO3/c1-13(2,3)17-12(16)10-8-4-5-9(6-8)11(10)14-7-15/h4-5,8-11H,6H2,1-3H3. The fourth-order valence-electron chi connectivity index (χ4n) is 2.72. The number of hydrogen-bond donors (Lipinski definition) is 0. The maximum Gasteiger partial charge on any atom is 0.312 e. The molecule has 0 aromatic carbocycles. The highest BCUT2D eigenvalue weighted by Gasteiger charge is 2.49. The zero-order chi connectivity index (χ0) is 12.6. The van der Waals surface area contributed by atoms with Gasteiger partial charge in [0.05, 0.1) is 12.0 Å². The molecule has 1 saturated carbocycles. The van der Waals surface area contributed by atoms with Gasteiger partial charge in [0.1, 0.15) is 5.60 Å². The number of carbonyl (C=O) groups excluding carboxylic acids is 2. The van der Waals surface area contributed by atoms with Crippen molar-refractivity contribution in [2.24, 2.45) is 22.7 Å².